The third kappa shape index (κ3) is 18.1. The van der Waals surface area contributed by atoms with Crippen LogP contribution in [0.1, 0.15) is 45.9 Å². The van der Waals surface area contributed by atoms with E-state index in [-0.39, 0.29) is 140 Å². The SMILES string of the molecule is Fc1c(F)c(F)c2c(c1F)[C@H]1C=C([C]3[CH][CH][CH][CH]3)[C@@H]2C=C1[C]1[CH][CH][CH][CH]1.Fc1c(F)c(F)c2c(c1F)[C@H]1C=C([C]3[CH][CH][CH][CH]3)[C@@H]2C=C1[C]1[CH][CH][CH][CH]1.[CH]1[CH][CH][CH][CH]1.[CH]1[CH][CH][CH][CH]1.[CH]1[CH][CH][CH][CH]1.[CH]1[CH][CH][CH][CH]1.[Fe+2].[Fe+2].[Fe+2].[Fe+2].[OH-].[OH-].[Rh].[Rh]. The minimum atomic E-state index is -1.75. The Hall–Kier alpha value is 0.0847. The topological polar surface area (TPSA) is 60.0 Å². The maximum atomic E-state index is 14.6. The van der Waals surface area contributed by atoms with Crippen LogP contribution in [0.4, 0.5) is 35.1 Å². The molecule has 42 radical (unpaired) electrons. The monoisotopic (exact) mass is 1430 g/mol. The van der Waals surface area contributed by atoms with Gasteiger partial charge in [-0.2, -0.15) is 0 Å². The molecule has 414 valence electrons. The van der Waals surface area contributed by atoms with Crippen molar-refractivity contribution in [3.8, 4) is 0 Å². The predicted octanol–water partition coefficient (Wildman–Crippen LogP) is 13.9. The molecule has 0 amide bonds. The van der Waals surface area contributed by atoms with Crippen LogP contribution < -0.4 is 0 Å². The zero-order valence-corrected chi connectivity index (χ0v) is 49.1. The van der Waals surface area contributed by atoms with E-state index in [0.29, 0.717) is 0 Å². The molecule has 0 aromatic heterocycles. The number of halogens is 8. The first-order valence-corrected chi connectivity index (χ1v) is 23.3. The molecule has 2 aromatic rings. The van der Waals surface area contributed by atoms with E-state index >= 15 is 0 Å². The smallest absolute Gasteiger partial charge is 0.870 e. The average Bonchev–Trinajstić information content (AvgIpc) is 4.27. The van der Waals surface area contributed by atoms with Gasteiger partial charge in [0.05, 0.1) is 0 Å². The van der Waals surface area contributed by atoms with Gasteiger partial charge in [0.15, 0.2) is 46.5 Å². The summed E-state index contributed by atoms with van der Waals surface area (Å²) in [5.74, 6) is -11.4. The minimum Gasteiger partial charge on any atom is -0.870 e. The van der Waals surface area contributed by atoms with E-state index in [0.717, 1.165) is 46.0 Å². The van der Waals surface area contributed by atoms with Gasteiger partial charge in [0.25, 0.3) is 0 Å². The molecule has 0 heterocycles. The second kappa shape index (κ2) is 38.4. The van der Waals surface area contributed by atoms with Crippen molar-refractivity contribution in [3.05, 3.63) is 370 Å². The third-order valence-corrected chi connectivity index (χ3v) is 12.9. The molecular formula is C64H46F8Fe4O2Rh2+6. The first-order chi connectivity index (χ1) is 35.2. The average molecular weight is 1430 g/mol. The molecule has 0 aliphatic heterocycles. The molecule has 14 aliphatic carbocycles. The Morgan fingerprint density at radius 2 is 0.325 bits per heavy atom. The van der Waals surface area contributed by atoms with Crippen molar-refractivity contribution in [2.45, 2.75) is 23.7 Å². The molecule has 2 aromatic carbocycles. The van der Waals surface area contributed by atoms with E-state index in [4.69, 9.17) is 0 Å². The second-order valence-corrected chi connectivity index (χ2v) is 17.1. The Morgan fingerprint density at radius 1 is 0.200 bits per heavy atom. The van der Waals surface area contributed by atoms with Crippen LogP contribution in [0.2, 0.25) is 0 Å². The summed E-state index contributed by atoms with van der Waals surface area (Å²) >= 11 is 0. The Labute approximate surface area is 542 Å². The largest absolute Gasteiger partial charge is 2.00 e. The minimum absolute atomic E-state index is 0. The zero-order valence-electron chi connectivity index (χ0n) is 41.4. The number of allylic oxidation sites excluding steroid dienone is 8. The molecule has 0 saturated heterocycles. The molecule has 0 unspecified atom stereocenters. The van der Waals surface area contributed by atoms with Crippen molar-refractivity contribution in [2.75, 3.05) is 0 Å². The molecule has 0 spiro atoms. The van der Waals surface area contributed by atoms with E-state index in [1.54, 1.807) is 0 Å². The molecule has 2 N–H and O–H groups in total. The van der Waals surface area contributed by atoms with Crippen molar-refractivity contribution < 1.29 is 153 Å². The van der Waals surface area contributed by atoms with Gasteiger partial charge in [-0.25, -0.2) is 35.1 Å². The van der Waals surface area contributed by atoms with Gasteiger partial charge in [-0.15, -0.1) is 0 Å². The van der Waals surface area contributed by atoms with Crippen LogP contribution in [0.3, 0.4) is 0 Å². The van der Waals surface area contributed by atoms with E-state index in [2.05, 4.69) is 0 Å². The van der Waals surface area contributed by atoms with Crippen molar-refractivity contribution >= 4 is 0 Å². The Morgan fingerprint density at radius 3 is 0.450 bits per heavy atom. The molecule has 80 heavy (non-hydrogen) atoms. The molecule has 4 atom stereocenters. The fraction of sp³-hybridized carbons (Fsp3) is 0.0625. The third-order valence-electron chi connectivity index (χ3n) is 12.9. The van der Waals surface area contributed by atoms with Crippen molar-refractivity contribution in [1.29, 1.82) is 0 Å². The van der Waals surface area contributed by atoms with E-state index < -0.39 is 70.2 Å². The summed E-state index contributed by atoms with van der Waals surface area (Å²) in [6.45, 7) is 0. The number of benzene rings is 2. The Kier molecular flexibility index (Phi) is 37.5. The van der Waals surface area contributed by atoms with E-state index in [9.17, 15) is 35.1 Å². The van der Waals surface area contributed by atoms with Crippen LogP contribution in [0.5, 0.6) is 0 Å². The van der Waals surface area contributed by atoms with E-state index in [1.165, 1.54) is 0 Å². The summed E-state index contributed by atoms with van der Waals surface area (Å²) < 4.78 is 114. The molecule has 2 nitrogen and oxygen atoms in total. The summed E-state index contributed by atoms with van der Waals surface area (Å²) in [5.41, 5.74) is 2.75. The summed E-state index contributed by atoms with van der Waals surface area (Å²) in [7, 11) is 0. The standard InChI is InChI=1S/2C22H12F4.4C5H5.4Fe.2H2O.2Rh/c2*23-19-17-15-10-14(12-7-3-4-8-12)16(9-13(15)11-5-1-2-6-11)18(17)20(24)22(26)21(19)25;4*1-2-4-5-3-1;;;;;;;;/h2*1-10,15-16H;4*1-5H;;;;;2*1H2;;/q;;;;;;4*+2;;;;/p-2/t2*15-,16-;;;;;;;;;;;;/m00............/s1. The van der Waals surface area contributed by atoms with Crippen molar-refractivity contribution in [1.82, 2.24) is 0 Å². The van der Waals surface area contributed by atoms with Crippen LogP contribution in [0, 0.1) is 301 Å². The normalized spacial score (nSPS) is 24.5. The fourth-order valence-electron chi connectivity index (χ4n) is 9.65. The first kappa shape index (κ1) is 78.1. The van der Waals surface area contributed by atoms with Gasteiger partial charge < -0.3 is 11.0 Å². The molecule has 16 rings (SSSR count). The van der Waals surface area contributed by atoms with Crippen molar-refractivity contribution in [3.63, 3.8) is 0 Å². The first-order valence-electron chi connectivity index (χ1n) is 23.3. The molecule has 8 saturated carbocycles. The zero-order chi connectivity index (χ0) is 50.1. The molecule has 4 bridgehead atoms. The Balaban J connectivity index is 0.000000551. The maximum Gasteiger partial charge on any atom is 2.00 e. The van der Waals surface area contributed by atoms with E-state index in [1.807, 2.05) is 255 Å². The quantitative estimate of drug-likeness (QED) is 0.133. The molecule has 14 aliphatic rings. The molecule has 8 fully saturated rings. The fourth-order valence-corrected chi connectivity index (χ4v) is 9.65. The number of hydrogen-bond acceptors (Lipinski definition) is 2. The van der Waals surface area contributed by atoms with Gasteiger partial charge in [0.1, 0.15) is 0 Å². The summed E-state index contributed by atoms with van der Waals surface area (Å²) in [5, 5.41) is 0. The van der Waals surface area contributed by atoms with Crippen LogP contribution in [0.15, 0.2) is 46.6 Å². The Bertz CT molecular complexity index is 1960. The van der Waals surface area contributed by atoms with Gasteiger partial charge in [-0.1, -0.05) is 46.6 Å². The number of hydrogen-bond donors (Lipinski definition) is 0. The predicted molar refractivity (Wildman–Crippen MR) is 267 cm³/mol. The summed E-state index contributed by atoms with van der Waals surface area (Å²) in [6.07, 6.45) is 77.1. The molecule has 16 heteroatoms. The summed E-state index contributed by atoms with van der Waals surface area (Å²) in [4.78, 5) is 0. The molecular weight excluding hydrogens is 1380 g/mol. The van der Waals surface area contributed by atoms with Crippen molar-refractivity contribution in [2.24, 2.45) is 0 Å². The van der Waals surface area contributed by atoms with Gasteiger partial charge in [-0.05, 0) is 231 Å². The van der Waals surface area contributed by atoms with Crippen LogP contribution >= 0.6 is 0 Å². The van der Waals surface area contributed by atoms with Crippen LogP contribution in [-0.4, -0.2) is 11.0 Å². The van der Waals surface area contributed by atoms with Gasteiger partial charge >= 0.3 is 68.3 Å². The van der Waals surface area contributed by atoms with Crippen LogP contribution in [0.25, 0.3) is 0 Å². The second-order valence-electron chi connectivity index (χ2n) is 17.1. The maximum absolute atomic E-state index is 14.6. The van der Waals surface area contributed by atoms with Gasteiger partial charge in [0.2, 0.25) is 0 Å². The van der Waals surface area contributed by atoms with Gasteiger partial charge in [-0.3, -0.25) is 0 Å². The van der Waals surface area contributed by atoms with Gasteiger partial charge in [0, 0.05) is 109 Å². The van der Waals surface area contributed by atoms with Crippen LogP contribution in [-0.2, 0) is 107 Å². The summed E-state index contributed by atoms with van der Waals surface area (Å²) in [6, 6.07) is 0. The number of rotatable bonds is 4.